The van der Waals surface area contributed by atoms with E-state index in [9.17, 15) is 9.18 Å². The molecule has 0 aliphatic rings. The normalized spacial score (nSPS) is 10.8. The second-order valence-corrected chi connectivity index (χ2v) is 7.61. The van der Waals surface area contributed by atoms with Crippen molar-refractivity contribution in [1.29, 1.82) is 0 Å². The molecule has 0 fully saturated rings. The molecule has 4 rings (SSSR count). The standard InChI is InChI=1S/C23H20ClFN6O2/c1-4-33-22(32)16-8-15(10-26-11-16)18-12-27-23(28-17-5-6-20(25)19(24)9-17)29-21(18)31-14(3)7-13(2)30-31/h5-12H,4H2,1-3H3,(H,27,28,29). The van der Waals surface area contributed by atoms with Crippen LogP contribution in [0.1, 0.15) is 28.7 Å². The van der Waals surface area contributed by atoms with Crippen LogP contribution in [0.3, 0.4) is 0 Å². The molecule has 8 nitrogen and oxygen atoms in total. The highest BCUT2D eigenvalue weighted by Crippen LogP contribution is 2.28. The topological polar surface area (TPSA) is 94.8 Å². The summed E-state index contributed by atoms with van der Waals surface area (Å²) in [5.41, 5.74) is 3.76. The van der Waals surface area contributed by atoms with E-state index in [1.54, 1.807) is 30.1 Å². The largest absolute Gasteiger partial charge is 0.462 e. The number of pyridine rings is 1. The lowest BCUT2D eigenvalue weighted by Crippen LogP contribution is -2.09. The molecule has 3 heterocycles. The lowest BCUT2D eigenvalue weighted by Gasteiger charge is -2.13. The van der Waals surface area contributed by atoms with Gasteiger partial charge in [-0.2, -0.15) is 10.1 Å². The maximum atomic E-state index is 13.5. The molecule has 168 valence electrons. The van der Waals surface area contributed by atoms with Gasteiger partial charge in [-0.1, -0.05) is 11.6 Å². The molecule has 0 radical (unpaired) electrons. The van der Waals surface area contributed by atoms with Gasteiger partial charge in [0.05, 0.1) is 22.9 Å². The fourth-order valence-electron chi connectivity index (χ4n) is 3.26. The number of halogens is 2. The van der Waals surface area contributed by atoms with Gasteiger partial charge in [0.15, 0.2) is 5.82 Å². The fourth-order valence-corrected chi connectivity index (χ4v) is 3.44. The predicted molar refractivity (Wildman–Crippen MR) is 123 cm³/mol. The summed E-state index contributed by atoms with van der Waals surface area (Å²) in [7, 11) is 0. The van der Waals surface area contributed by atoms with Gasteiger partial charge in [0, 0.05) is 41.1 Å². The third kappa shape index (κ3) is 4.83. The van der Waals surface area contributed by atoms with Gasteiger partial charge in [0.1, 0.15) is 5.82 Å². The van der Waals surface area contributed by atoms with E-state index in [-0.39, 0.29) is 17.6 Å². The molecule has 0 unspecified atom stereocenters. The lowest BCUT2D eigenvalue weighted by molar-refractivity contribution is 0.0526. The number of carbonyl (C=O) groups is 1. The quantitative estimate of drug-likeness (QED) is 0.397. The number of benzene rings is 1. The van der Waals surface area contributed by atoms with Gasteiger partial charge in [-0.15, -0.1) is 0 Å². The molecule has 0 spiro atoms. The van der Waals surface area contributed by atoms with Crippen LogP contribution in [-0.2, 0) is 4.74 Å². The molecule has 0 saturated heterocycles. The number of aromatic nitrogens is 5. The van der Waals surface area contributed by atoms with Crippen molar-refractivity contribution in [3.8, 4) is 16.9 Å². The minimum Gasteiger partial charge on any atom is -0.462 e. The summed E-state index contributed by atoms with van der Waals surface area (Å²) < 4.78 is 20.3. The zero-order chi connectivity index (χ0) is 23.5. The van der Waals surface area contributed by atoms with Crippen LogP contribution in [0.4, 0.5) is 16.0 Å². The van der Waals surface area contributed by atoms with Crippen molar-refractivity contribution in [2.75, 3.05) is 11.9 Å². The summed E-state index contributed by atoms with van der Waals surface area (Å²) in [5.74, 6) is -0.240. The molecule has 0 aliphatic carbocycles. The van der Waals surface area contributed by atoms with Crippen molar-refractivity contribution < 1.29 is 13.9 Å². The van der Waals surface area contributed by atoms with Gasteiger partial charge in [-0.05, 0) is 51.1 Å². The minimum absolute atomic E-state index is 0.0164. The molecule has 0 aliphatic heterocycles. The first kappa shape index (κ1) is 22.3. The van der Waals surface area contributed by atoms with Crippen molar-refractivity contribution in [2.45, 2.75) is 20.8 Å². The van der Waals surface area contributed by atoms with Gasteiger partial charge in [0.2, 0.25) is 5.95 Å². The molecule has 0 amide bonds. The molecule has 1 N–H and O–H groups in total. The average Bonchev–Trinajstić information content (AvgIpc) is 3.14. The van der Waals surface area contributed by atoms with Crippen LogP contribution in [0.15, 0.2) is 48.9 Å². The minimum atomic E-state index is -0.518. The van der Waals surface area contributed by atoms with E-state index in [0.29, 0.717) is 28.2 Å². The number of nitrogens with zero attached hydrogens (tertiary/aromatic N) is 5. The van der Waals surface area contributed by atoms with E-state index < -0.39 is 11.8 Å². The number of esters is 1. The zero-order valence-corrected chi connectivity index (χ0v) is 18.9. The van der Waals surface area contributed by atoms with Crippen molar-refractivity contribution in [3.63, 3.8) is 0 Å². The number of ether oxygens (including phenoxy) is 1. The van der Waals surface area contributed by atoms with E-state index in [4.69, 9.17) is 16.3 Å². The third-order valence-corrected chi connectivity index (χ3v) is 5.00. The summed E-state index contributed by atoms with van der Waals surface area (Å²) >= 11 is 5.88. The molecule has 4 aromatic rings. The molecule has 0 bridgehead atoms. The van der Waals surface area contributed by atoms with E-state index in [1.807, 2.05) is 19.9 Å². The highest BCUT2D eigenvalue weighted by molar-refractivity contribution is 6.31. The number of rotatable bonds is 6. The van der Waals surface area contributed by atoms with Gasteiger partial charge in [-0.3, -0.25) is 4.98 Å². The number of aryl methyl sites for hydroxylation is 2. The van der Waals surface area contributed by atoms with Crippen LogP contribution in [0.25, 0.3) is 16.9 Å². The molecule has 0 saturated carbocycles. The summed E-state index contributed by atoms with van der Waals surface area (Å²) in [6.45, 7) is 5.79. The summed E-state index contributed by atoms with van der Waals surface area (Å²) in [6.07, 6.45) is 4.67. The van der Waals surface area contributed by atoms with E-state index in [0.717, 1.165) is 11.4 Å². The molecule has 3 aromatic heterocycles. The maximum absolute atomic E-state index is 13.5. The van der Waals surface area contributed by atoms with Crippen molar-refractivity contribution in [1.82, 2.24) is 24.7 Å². The fraction of sp³-hybridized carbons (Fsp3) is 0.174. The second kappa shape index (κ2) is 9.33. The van der Waals surface area contributed by atoms with Gasteiger partial charge >= 0.3 is 5.97 Å². The van der Waals surface area contributed by atoms with Crippen LogP contribution >= 0.6 is 11.6 Å². The maximum Gasteiger partial charge on any atom is 0.339 e. The molecular weight excluding hydrogens is 447 g/mol. The number of nitrogens with one attached hydrogen (secondary N) is 1. The zero-order valence-electron chi connectivity index (χ0n) is 18.1. The number of hydrogen-bond donors (Lipinski definition) is 1. The van der Waals surface area contributed by atoms with Crippen LogP contribution < -0.4 is 5.32 Å². The van der Waals surface area contributed by atoms with E-state index in [1.165, 1.54) is 24.4 Å². The Morgan fingerprint density at radius 1 is 1.18 bits per heavy atom. The third-order valence-electron chi connectivity index (χ3n) is 4.71. The van der Waals surface area contributed by atoms with Gasteiger partial charge in [0.25, 0.3) is 0 Å². The monoisotopic (exact) mass is 466 g/mol. The molecule has 1 aromatic carbocycles. The van der Waals surface area contributed by atoms with E-state index in [2.05, 4.69) is 25.4 Å². The van der Waals surface area contributed by atoms with Crippen LogP contribution in [0.5, 0.6) is 0 Å². The summed E-state index contributed by atoms with van der Waals surface area (Å²) in [4.78, 5) is 25.4. The Balaban J connectivity index is 1.80. The number of carbonyl (C=O) groups excluding carboxylic acids is 1. The molecular formula is C23H20ClFN6O2. The van der Waals surface area contributed by atoms with Crippen LogP contribution in [-0.4, -0.2) is 37.3 Å². The highest BCUT2D eigenvalue weighted by Gasteiger charge is 2.17. The van der Waals surface area contributed by atoms with Crippen molar-refractivity contribution in [2.24, 2.45) is 0 Å². The summed E-state index contributed by atoms with van der Waals surface area (Å²) in [6, 6.07) is 7.84. The Bertz CT molecular complexity index is 1340. The Hall–Kier alpha value is -3.85. The van der Waals surface area contributed by atoms with Gasteiger partial charge < -0.3 is 10.1 Å². The predicted octanol–water partition coefficient (Wildman–Crippen LogP) is 5.05. The number of hydrogen-bond acceptors (Lipinski definition) is 7. The molecule has 10 heteroatoms. The SMILES string of the molecule is CCOC(=O)c1cncc(-c2cnc(Nc3ccc(F)c(Cl)c3)nc2-n2nc(C)cc2C)c1. The molecule has 33 heavy (non-hydrogen) atoms. The van der Waals surface area contributed by atoms with Crippen LogP contribution in [0, 0.1) is 19.7 Å². The van der Waals surface area contributed by atoms with Crippen molar-refractivity contribution in [3.05, 3.63) is 76.7 Å². The Labute approximate surface area is 194 Å². The van der Waals surface area contributed by atoms with E-state index >= 15 is 0 Å². The smallest absolute Gasteiger partial charge is 0.339 e. The molecule has 0 atom stereocenters. The summed E-state index contributed by atoms with van der Waals surface area (Å²) in [5, 5.41) is 7.56. The highest BCUT2D eigenvalue weighted by atomic mass is 35.5. The number of anilines is 2. The average molecular weight is 467 g/mol. The first-order valence-electron chi connectivity index (χ1n) is 10.1. The lowest BCUT2D eigenvalue weighted by atomic mass is 10.1. The van der Waals surface area contributed by atoms with Crippen LogP contribution in [0.2, 0.25) is 5.02 Å². The Kier molecular flexibility index (Phi) is 6.32. The van der Waals surface area contributed by atoms with Gasteiger partial charge in [-0.25, -0.2) is 18.9 Å². The van der Waals surface area contributed by atoms with Crippen molar-refractivity contribution >= 4 is 29.2 Å². The first-order valence-corrected chi connectivity index (χ1v) is 10.5. The Morgan fingerprint density at radius 3 is 2.70 bits per heavy atom. The first-order chi connectivity index (χ1) is 15.9. The second-order valence-electron chi connectivity index (χ2n) is 7.21. The Morgan fingerprint density at radius 2 is 2.00 bits per heavy atom.